The van der Waals surface area contributed by atoms with E-state index in [4.69, 9.17) is 0 Å². The Morgan fingerprint density at radius 1 is 1.38 bits per heavy atom. The van der Waals surface area contributed by atoms with Crippen LogP contribution in [0.2, 0.25) is 0 Å². The van der Waals surface area contributed by atoms with Gasteiger partial charge in [-0.3, -0.25) is 9.36 Å². The molecule has 0 aliphatic carbocycles. The van der Waals surface area contributed by atoms with Gasteiger partial charge in [-0.2, -0.15) is 4.98 Å². The van der Waals surface area contributed by atoms with E-state index >= 15 is 0 Å². The second-order valence-electron chi connectivity index (χ2n) is 4.99. The second kappa shape index (κ2) is 5.90. The van der Waals surface area contributed by atoms with Crippen LogP contribution in [-0.4, -0.2) is 30.2 Å². The zero-order valence-electron chi connectivity index (χ0n) is 12.3. The Morgan fingerprint density at radius 2 is 2.10 bits per heavy atom. The molecule has 21 heavy (non-hydrogen) atoms. The average molecular weight is 290 g/mol. The third-order valence-electron chi connectivity index (χ3n) is 3.62. The molecule has 1 N–H and O–H groups in total. The predicted octanol–water partition coefficient (Wildman–Crippen LogP) is 0.945. The highest BCUT2D eigenvalue weighted by molar-refractivity contribution is 5.76. The van der Waals surface area contributed by atoms with Crippen LogP contribution >= 0.6 is 0 Å². The zero-order valence-corrected chi connectivity index (χ0v) is 12.3. The number of rotatable bonds is 5. The number of carbonyl (C=O) groups is 1. The largest absolute Gasteiger partial charge is 0.481 e. The molecule has 0 aromatic carbocycles. The number of nitrogens with zero attached hydrogens (tertiary/aromatic N) is 4. The maximum atomic E-state index is 12.0. The fourth-order valence-electron chi connectivity index (χ4n) is 2.46. The Kier molecular flexibility index (Phi) is 4.21. The van der Waals surface area contributed by atoms with Crippen molar-refractivity contribution in [3.63, 3.8) is 0 Å². The monoisotopic (exact) mass is 290 g/mol. The third kappa shape index (κ3) is 3.01. The summed E-state index contributed by atoms with van der Waals surface area (Å²) in [5, 5.41) is 9.20. The maximum absolute atomic E-state index is 12.0. The highest BCUT2D eigenvalue weighted by atomic mass is 16.4. The number of aliphatic carboxylic acids is 1. The van der Waals surface area contributed by atoms with Gasteiger partial charge in [-0.15, -0.1) is 0 Å². The van der Waals surface area contributed by atoms with Crippen molar-refractivity contribution in [2.75, 3.05) is 0 Å². The molecule has 1 atom stereocenters. The van der Waals surface area contributed by atoms with Crippen molar-refractivity contribution in [1.82, 2.24) is 19.1 Å². The van der Waals surface area contributed by atoms with Crippen LogP contribution < -0.4 is 5.69 Å². The first-order valence-corrected chi connectivity index (χ1v) is 6.68. The number of imidazole rings is 1. The van der Waals surface area contributed by atoms with E-state index in [2.05, 4.69) is 9.97 Å². The molecule has 0 radical (unpaired) electrons. The quantitative estimate of drug-likeness (QED) is 0.885. The molecule has 0 aliphatic heterocycles. The smallest absolute Gasteiger partial charge is 0.348 e. The van der Waals surface area contributed by atoms with Gasteiger partial charge in [0.05, 0.1) is 12.2 Å². The summed E-state index contributed by atoms with van der Waals surface area (Å²) >= 11 is 0. The van der Waals surface area contributed by atoms with Crippen molar-refractivity contribution in [3.8, 4) is 0 Å². The minimum atomic E-state index is -0.928. The topological polar surface area (TPSA) is 90.0 Å². The summed E-state index contributed by atoms with van der Waals surface area (Å²) < 4.78 is 3.37. The first kappa shape index (κ1) is 15.0. The van der Waals surface area contributed by atoms with Gasteiger partial charge in [-0.25, -0.2) is 9.78 Å². The van der Waals surface area contributed by atoms with Gasteiger partial charge in [-0.05, 0) is 20.8 Å². The van der Waals surface area contributed by atoms with Crippen LogP contribution in [-0.2, 0) is 17.9 Å². The summed E-state index contributed by atoms with van der Waals surface area (Å²) in [6.07, 6.45) is 5.15. The number of hydrogen-bond acceptors (Lipinski definition) is 4. The van der Waals surface area contributed by atoms with Crippen LogP contribution in [0.1, 0.15) is 29.8 Å². The van der Waals surface area contributed by atoms with Gasteiger partial charge < -0.3 is 9.67 Å². The molecule has 0 amide bonds. The van der Waals surface area contributed by atoms with Crippen LogP contribution in [0.5, 0.6) is 0 Å². The molecule has 2 rings (SSSR count). The summed E-state index contributed by atoms with van der Waals surface area (Å²) in [5.74, 6) is -1.62. The molecule has 7 nitrogen and oxygen atoms in total. The lowest BCUT2D eigenvalue weighted by Crippen LogP contribution is -2.30. The van der Waals surface area contributed by atoms with E-state index in [1.54, 1.807) is 33.3 Å². The normalized spacial score (nSPS) is 12.3. The Labute approximate surface area is 121 Å². The second-order valence-corrected chi connectivity index (χ2v) is 4.99. The average Bonchev–Trinajstić information content (AvgIpc) is 2.90. The summed E-state index contributed by atoms with van der Waals surface area (Å²) in [5.41, 5.74) is 1.38. The Hall–Kier alpha value is -2.44. The molecule has 0 saturated carbocycles. The van der Waals surface area contributed by atoms with E-state index in [0.29, 0.717) is 30.0 Å². The number of aryl methyl sites for hydroxylation is 2. The lowest BCUT2D eigenvalue weighted by atomic mass is 9.98. The predicted molar refractivity (Wildman–Crippen MR) is 76.2 cm³/mol. The van der Waals surface area contributed by atoms with E-state index in [9.17, 15) is 14.7 Å². The van der Waals surface area contributed by atoms with Crippen molar-refractivity contribution in [2.24, 2.45) is 0 Å². The Morgan fingerprint density at radius 3 is 2.67 bits per heavy atom. The van der Waals surface area contributed by atoms with Gasteiger partial charge in [-0.1, -0.05) is 0 Å². The molecular formula is C14H18N4O3. The molecule has 0 spiro atoms. The summed E-state index contributed by atoms with van der Waals surface area (Å²) in [4.78, 5) is 31.2. The van der Waals surface area contributed by atoms with Gasteiger partial charge in [0.15, 0.2) is 0 Å². The Balaban J connectivity index is 2.39. The van der Waals surface area contributed by atoms with E-state index in [1.807, 2.05) is 10.8 Å². The molecule has 7 heteroatoms. The van der Waals surface area contributed by atoms with Crippen LogP contribution in [0.4, 0.5) is 0 Å². The molecular weight excluding hydrogens is 272 g/mol. The number of carboxylic acids is 1. The third-order valence-corrected chi connectivity index (χ3v) is 3.62. The van der Waals surface area contributed by atoms with Gasteiger partial charge in [0.25, 0.3) is 0 Å². The summed E-state index contributed by atoms with van der Waals surface area (Å²) in [7, 11) is 0. The molecule has 0 saturated heterocycles. The molecule has 0 bridgehead atoms. The van der Waals surface area contributed by atoms with Crippen molar-refractivity contribution in [1.29, 1.82) is 0 Å². The van der Waals surface area contributed by atoms with Crippen LogP contribution in [0, 0.1) is 13.8 Å². The van der Waals surface area contributed by atoms with Crippen LogP contribution in [0.15, 0.2) is 23.5 Å². The van der Waals surface area contributed by atoms with Crippen LogP contribution in [0.25, 0.3) is 0 Å². The van der Waals surface area contributed by atoms with Crippen molar-refractivity contribution in [3.05, 3.63) is 46.2 Å². The maximum Gasteiger partial charge on any atom is 0.348 e. The molecule has 1 unspecified atom stereocenters. The molecule has 2 aromatic rings. The van der Waals surface area contributed by atoms with Gasteiger partial charge in [0, 0.05) is 42.4 Å². The molecule has 0 fully saturated rings. The van der Waals surface area contributed by atoms with Gasteiger partial charge in [0.1, 0.15) is 0 Å². The fourth-order valence-corrected chi connectivity index (χ4v) is 2.46. The fraction of sp³-hybridized carbons (Fsp3) is 0.429. The van der Waals surface area contributed by atoms with E-state index in [1.165, 1.54) is 4.57 Å². The van der Waals surface area contributed by atoms with E-state index < -0.39 is 11.9 Å². The number of carboxylic acid groups (broad SMARTS) is 1. The Bertz CT molecular complexity index is 704. The first-order valence-electron chi connectivity index (χ1n) is 6.68. The van der Waals surface area contributed by atoms with E-state index in [-0.39, 0.29) is 5.69 Å². The lowest BCUT2D eigenvalue weighted by Gasteiger charge is -2.18. The minimum Gasteiger partial charge on any atom is -0.481 e. The summed E-state index contributed by atoms with van der Waals surface area (Å²) in [6.45, 7) is 6.03. The first-order chi connectivity index (χ1) is 9.91. The molecule has 112 valence electrons. The molecule has 0 aliphatic rings. The minimum absolute atomic E-state index is 0.355. The standard InChI is InChI=1S/C14H18N4O3/c1-9(13(19)20)12-10(2)16-14(21)18(11(12)3)7-6-17-5-4-15-8-17/h4-5,8-9H,6-7H2,1-3H3,(H,19,20). The van der Waals surface area contributed by atoms with Gasteiger partial charge >= 0.3 is 11.7 Å². The van der Waals surface area contributed by atoms with Crippen molar-refractivity contribution in [2.45, 2.75) is 39.8 Å². The highest BCUT2D eigenvalue weighted by Crippen LogP contribution is 2.21. The zero-order chi connectivity index (χ0) is 15.6. The van der Waals surface area contributed by atoms with Crippen molar-refractivity contribution >= 4 is 5.97 Å². The number of hydrogen-bond donors (Lipinski definition) is 1. The van der Waals surface area contributed by atoms with Crippen LogP contribution in [0.3, 0.4) is 0 Å². The highest BCUT2D eigenvalue weighted by Gasteiger charge is 2.22. The SMILES string of the molecule is Cc1nc(=O)n(CCn2ccnc2)c(C)c1C(C)C(=O)O. The molecule has 2 heterocycles. The number of aromatic nitrogens is 4. The van der Waals surface area contributed by atoms with E-state index in [0.717, 1.165) is 0 Å². The molecule has 2 aromatic heterocycles. The lowest BCUT2D eigenvalue weighted by molar-refractivity contribution is -0.138. The van der Waals surface area contributed by atoms with Gasteiger partial charge in [0.2, 0.25) is 0 Å². The van der Waals surface area contributed by atoms with Crippen molar-refractivity contribution < 1.29 is 9.90 Å². The summed E-state index contributed by atoms with van der Waals surface area (Å²) in [6, 6.07) is 0.